The standard InChI is InChI=1S/C27H30O4S/c1-16-11-17(2)25(27(4,5)15-24(28)32)23(12-16)31-26(29)18(3)19-7-8-21-14-22(30-6)10-9-20(21)13-19/h7-14,18H,15H2,1-6H3,(H,28,32)/p-1/t18-/m0/s1. The van der Waals surface area contributed by atoms with Crippen molar-refractivity contribution in [3.63, 3.8) is 0 Å². The fraction of sp³-hybridized carbons (Fsp3) is 0.333. The molecule has 168 valence electrons. The second kappa shape index (κ2) is 9.29. The zero-order valence-corrected chi connectivity index (χ0v) is 20.3. The molecule has 0 aliphatic rings. The molecule has 0 aromatic heterocycles. The van der Waals surface area contributed by atoms with E-state index < -0.39 is 11.3 Å². The summed E-state index contributed by atoms with van der Waals surface area (Å²) in [7, 11) is 1.64. The lowest BCUT2D eigenvalue weighted by molar-refractivity contribution is -0.135. The number of ether oxygens (including phenoxy) is 2. The van der Waals surface area contributed by atoms with E-state index in [9.17, 15) is 9.59 Å². The average Bonchev–Trinajstić information content (AvgIpc) is 2.70. The summed E-state index contributed by atoms with van der Waals surface area (Å²) < 4.78 is 11.2. The predicted octanol–water partition coefficient (Wildman–Crippen LogP) is 5.92. The van der Waals surface area contributed by atoms with Crippen molar-refractivity contribution in [2.45, 2.75) is 52.4 Å². The van der Waals surface area contributed by atoms with Crippen LogP contribution in [0.25, 0.3) is 10.8 Å². The van der Waals surface area contributed by atoms with Crippen LogP contribution in [0, 0.1) is 13.8 Å². The highest BCUT2D eigenvalue weighted by Gasteiger charge is 2.29. The molecule has 1 atom stereocenters. The van der Waals surface area contributed by atoms with Crippen LogP contribution in [0.2, 0.25) is 0 Å². The zero-order valence-electron chi connectivity index (χ0n) is 19.4. The lowest BCUT2D eigenvalue weighted by Gasteiger charge is -2.30. The fourth-order valence-corrected chi connectivity index (χ4v) is 4.66. The van der Waals surface area contributed by atoms with Gasteiger partial charge >= 0.3 is 5.97 Å². The second-order valence-electron chi connectivity index (χ2n) is 9.00. The Hall–Kier alpha value is -2.92. The van der Waals surface area contributed by atoms with E-state index in [0.717, 1.165) is 38.8 Å². The van der Waals surface area contributed by atoms with Gasteiger partial charge in [0.1, 0.15) is 11.5 Å². The molecule has 5 heteroatoms. The van der Waals surface area contributed by atoms with Crippen molar-refractivity contribution in [3.05, 3.63) is 70.8 Å². The number of fused-ring (bicyclic) bond motifs is 1. The van der Waals surface area contributed by atoms with Gasteiger partial charge in [-0.2, -0.15) is 0 Å². The Balaban J connectivity index is 1.93. The van der Waals surface area contributed by atoms with Crippen LogP contribution in [0.5, 0.6) is 11.5 Å². The van der Waals surface area contributed by atoms with Gasteiger partial charge in [-0.25, -0.2) is 0 Å². The highest BCUT2D eigenvalue weighted by molar-refractivity contribution is 7.77. The summed E-state index contributed by atoms with van der Waals surface area (Å²) in [5.41, 5.74) is 3.13. The number of methoxy groups -OCH3 is 1. The predicted molar refractivity (Wildman–Crippen MR) is 130 cm³/mol. The first-order chi connectivity index (χ1) is 15.0. The number of aryl methyl sites for hydroxylation is 2. The number of hydrogen-bond donors (Lipinski definition) is 0. The highest BCUT2D eigenvalue weighted by atomic mass is 32.1. The maximum absolute atomic E-state index is 13.1. The number of rotatable bonds is 7. The molecule has 0 amide bonds. The third-order valence-electron chi connectivity index (χ3n) is 5.84. The molecule has 3 rings (SSSR count). The van der Waals surface area contributed by atoms with E-state index in [-0.39, 0.29) is 17.5 Å². The maximum Gasteiger partial charge on any atom is 0.318 e. The summed E-state index contributed by atoms with van der Waals surface area (Å²) in [6.07, 6.45) is 0.195. The van der Waals surface area contributed by atoms with Crippen molar-refractivity contribution < 1.29 is 19.1 Å². The van der Waals surface area contributed by atoms with E-state index in [1.165, 1.54) is 0 Å². The normalized spacial score (nSPS) is 12.4. The van der Waals surface area contributed by atoms with Gasteiger partial charge in [0.2, 0.25) is 0 Å². The van der Waals surface area contributed by atoms with Gasteiger partial charge in [-0.05, 0) is 78.3 Å². The van der Waals surface area contributed by atoms with Gasteiger partial charge in [0.05, 0.1) is 13.0 Å². The van der Waals surface area contributed by atoms with Crippen LogP contribution in [-0.4, -0.2) is 18.2 Å². The van der Waals surface area contributed by atoms with E-state index in [1.54, 1.807) is 7.11 Å². The lowest BCUT2D eigenvalue weighted by atomic mass is 9.78. The third kappa shape index (κ3) is 5.10. The molecule has 3 aromatic rings. The number of esters is 1. The van der Waals surface area contributed by atoms with Crippen LogP contribution in [0.1, 0.15) is 55.4 Å². The summed E-state index contributed by atoms with van der Waals surface area (Å²) in [6.45, 7) is 9.67. The maximum atomic E-state index is 13.1. The van der Waals surface area contributed by atoms with Crippen LogP contribution >= 0.6 is 0 Å². The molecule has 0 spiro atoms. The molecular formula is C27H29O4S-. The Morgan fingerprint density at radius 3 is 2.31 bits per heavy atom. The van der Waals surface area contributed by atoms with E-state index in [4.69, 9.17) is 22.1 Å². The first-order valence-electron chi connectivity index (χ1n) is 10.6. The monoisotopic (exact) mass is 449 g/mol. The summed E-state index contributed by atoms with van der Waals surface area (Å²) >= 11 is 4.83. The second-order valence-corrected chi connectivity index (χ2v) is 9.46. The first kappa shape index (κ1) is 23.7. The highest BCUT2D eigenvalue weighted by Crippen LogP contribution is 2.38. The molecule has 0 heterocycles. The van der Waals surface area contributed by atoms with Gasteiger partial charge in [-0.15, -0.1) is 0 Å². The average molecular weight is 450 g/mol. The molecule has 0 unspecified atom stereocenters. The van der Waals surface area contributed by atoms with Gasteiger partial charge in [-0.3, -0.25) is 4.79 Å². The molecule has 0 aliphatic heterocycles. The number of carbonyl (C=O) groups is 2. The third-order valence-corrected chi connectivity index (χ3v) is 5.99. The van der Waals surface area contributed by atoms with Crippen molar-refractivity contribution >= 4 is 34.5 Å². The topological polar surface area (TPSA) is 52.6 Å². The van der Waals surface area contributed by atoms with Gasteiger partial charge in [0.25, 0.3) is 0 Å². The number of hydrogen-bond acceptors (Lipinski definition) is 5. The van der Waals surface area contributed by atoms with Gasteiger partial charge < -0.3 is 26.9 Å². The lowest BCUT2D eigenvalue weighted by Crippen LogP contribution is -2.25. The Bertz CT molecular complexity index is 1180. The molecule has 3 aromatic carbocycles. The molecule has 0 bridgehead atoms. The first-order valence-corrected chi connectivity index (χ1v) is 11.0. The smallest absolute Gasteiger partial charge is 0.318 e. The molecule has 0 N–H and O–H groups in total. The SMILES string of the molecule is COc1ccc2cc([C@H](C)C(=O)Oc3cc(C)cc(C)c3C(C)(C)CC(=O)[S-])ccc2c1. The Kier molecular flexibility index (Phi) is 6.89. The molecule has 0 aliphatic carbocycles. The molecule has 32 heavy (non-hydrogen) atoms. The Morgan fingerprint density at radius 1 is 1.00 bits per heavy atom. The minimum atomic E-state index is -0.544. The molecule has 0 saturated carbocycles. The zero-order chi connectivity index (χ0) is 23.6. The van der Waals surface area contributed by atoms with Crippen LogP contribution in [-0.2, 0) is 27.6 Å². The molecule has 0 radical (unpaired) electrons. The molecular weight excluding hydrogens is 420 g/mol. The minimum absolute atomic E-state index is 0.195. The summed E-state index contributed by atoms with van der Waals surface area (Å²) in [5.74, 6) is 0.481. The van der Waals surface area contributed by atoms with E-state index in [2.05, 4.69) is 0 Å². The van der Waals surface area contributed by atoms with Crippen LogP contribution in [0.4, 0.5) is 0 Å². The van der Waals surface area contributed by atoms with E-state index in [1.807, 2.05) is 83.1 Å². The minimum Gasteiger partial charge on any atom is -0.742 e. The van der Waals surface area contributed by atoms with Gasteiger partial charge in [0.15, 0.2) is 0 Å². The Labute approximate surface area is 195 Å². The summed E-state index contributed by atoms with van der Waals surface area (Å²) in [4.78, 5) is 24.8. The summed E-state index contributed by atoms with van der Waals surface area (Å²) in [5, 5.41) is 1.76. The summed E-state index contributed by atoms with van der Waals surface area (Å²) in [6, 6.07) is 15.7. The Morgan fingerprint density at radius 2 is 1.66 bits per heavy atom. The van der Waals surface area contributed by atoms with Gasteiger partial charge in [-0.1, -0.05) is 44.2 Å². The van der Waals surface area contributed by atoms with Crippen molar-refractivity contribution in [3.8, 4) is 11.5 Å². The van der Waals surface area contributed by atoms with Crippen LogP contribution in [0.15, 0.2) is 48.5 Å². The van der Waals surface area contributed by atoms with E-state index in [0.29, 0.717) is 5.75 Å². The number of benzene rings is 3. The fourth-order valence-electron chi connectivity index (χ4n) is 4.30. The number of carbonyl (C=O) groups excluding carboxylic acids is 2. The van der Waals surface area contributed by atoms with Crippen molar-refractivity contribution in [2.24, 2.45) is 0 Å². The van der Waals surface area contributed by atoms with Gasteiger partial charge in [0, 0.05) is 10.7 Å². The van der Waals surface area contributed by atoms with Crippen molar-refractivity contribution in [1.29, 1.82) is 0 Å². The van der Waals surface area contributed by atoms with Crippen LogP contribution in [0.3, 0.4) is 0 Å². The molecule has 0 fully saturated rings. The molecule has 0 saturated heterocycles. The van der Waals surface area contributed by atoms with Crippen molar-refractivity contribution in [2.75, 3.05) is 7.11 Å². The van der Waals surface area contributed by atoms with Crippen molar-refractivity contribution in [1.82, 2.24) is 0 Å². The van der Waals surface area contributed by atoms with E-state index >= 15 is 0 Å². The molecule has 4 nitrogen and oxygen atoms in total. The van der Waals surface area contributed by atoms with Crippen LogP contribution < -0.4 is 9.47 Å². The largest absolute Gasteiger partial charge is 0.742 e. The quantitative estimate of drug-likeness (QED) is 0.255.